The third kappa shape index (κ3) is 3.80. The van der Waals surface area contributed by atoms with Gasteiger partial charge >= 0.3 is 0 Å². The molecule has 4 nitrogen and oxygen atoms in total. The zero-order chi connectivity index (χ0) is 11.1. The van der Waals surface area contributed by atoms with Crippen molar-refractivity contribution in [2.45, 2.75) is 32.1 Å². The average Bonchev–Trinajstić information content (AvgIpc) is 2.16. The van der Waals surface area contributed by atoms with Gasteiger partial charge < -0.3 is 15.8 Å². The largest absolute Gasteiger partial charge is 0.385 e. The summed E-state index contributed by atoms with van der Waals surface area (Å²) in [6, 6.07) is 0. The number of nitrogens with two attached hydrogens (primary N) is 1. The van der Waals surface area contributed by atoms with Crippen molar-refractivity contribution >= 4 is 5.91 Å². The number of rotatable bonds is 7. The van der Waals surface area contributed by atoms with Crippen LogP contribution in [0.2, 0.25) is 0 Å². The maximum atomic E-state index is 11.3. The highest BCUT2D eigenvalue weighted by Crippen LogP contribution is 2.43. The number of hydrogen-bond donors (Lipinski definition) is 2. The van der Waals surface area contributed by atoms with Gasteiger partial charge in [0.2, 0.25) is 5.91 Å². The lowest BCUT2D eigenvalue weighted by atomic mass is 9.67. The molecule has 1 fully saturated rings. The van der Waals surface area contributed by atoms with Crippen molar-refractivity contribution in [2.75, 3.05) is 26.8 Å². The van der Waals surface area contributed by atoms with Gasteiger partial charge in [0.15, 0.2) is 0 Å². The number of methoxy groups -OCH3 is 1. The van der Waals surface area contributed by atoms with Gasteiger partial charge in [0.05, 0.1) is 0 Å². The first-order valence-electron chi connectivity index (χ1n) is 5.68. The second-order valence-electron chi connectivity index (χ2n) is 4.41. The van der Waals surface area contributed by atoms with E-state index in [0.29, 0.717) is 18.4 Å². The molecular weight excluding hydrogens is 192 g/mol. The minimum atomic E-state index is 0.0705. The molecule has 1 aliphatic carbocycles. The zero-order valence-electron chi connectivity index (χ0n) is 9.55. The highest BCUT2D eigenvalue weighted by Gasteiger charge is 2.36. The van der Waals surface area contributed by atoms with Gasteiger partial charge in [-0.2, -0.15) is 0 Å². The Labute approximate surface area is 91.5 Å². The van der Waals surface area contributed by atoms with Crippen molar-refractivity contribution in [2.24, 2.45) is 11.1 Å². The van der Waals surface area contributed by atoms with E-state index in [1.165, 1.54) is 19.3 Å². The van der Waals surface area contributed by atoms with Gasteiger partial charge in [-0.05, 0) is 24.7 Å². The lowest BCUT2D eigenvalue weighted by Gasteiger charge is -2.42. The Morgan fingerprint density at radius 1 is 1.53 bits per heavy atom. The van der Waals surface area contributed by atoms with Crippen LogP contribution in [0.15, 0.2) is 0 Å². The summed E-state index contributed by atoms with van der Waals surface area (Å²) in [6.07, 6.45) is 5.17. The van der Waals surface area contributed by atoms with Crippen molar-refractivity contribution in [3.8, 4) is 0 Å². The number of amides is 1. The van der Waals surface area contributed by atoms with Crippen LogP contribution in [0.5, 0.6) is 0 Å². The molecule has 15 heavy (non-hydrogen) atoms. The van der Waals surface area contributed by atoms with Crippen molar-refractivity contribution in [3.05, 3.63) is 0 Å². The number of hydrogen-bond acceptors (Lipinski definition) is 3. The van der Waals surface area contributed by atoms with Crippen LogP contribution >= 0.6 is 0 Å². The molecule has 0 bridgehead atoms. The summed E-state index contributed by atoms with van der Waals surface area (Å²) in [5.74, 6) is 0.0705. The van der Waals surface area contributed by atoms with E-state index in [0.717, 1.165) is 19.6 Å². The fourth-order valence-corrected chi connectivity index (χ4v) is 2.02. The van der Waals surface area contributed by atoms with Gasteiger partial charge in [0.1, 0.15) is 0 Å². The Balaban J connectivity index is 2.24. The summed E-state index contributed by atoms with van der Waals surface area (Å²) >= 11 is 0. The zero-order valence-corrected chi connectivity index (χ0v) is 9.55. The molecule has 0 aromatic heterocycles. The normalized spacial score (nSPS) is 18.3. The van der Waals surface area contributed by atoms with Crippen molar-refractivity contribution < 1.29 is 9.53 Å². The molecule has 0 radical (unpaired) electrons. The fourth-order valence-electron chi connectivity index (χ4n) is 2.02. The first kappa shape index (κ1) is 12.5. The van der Waals surface area contributed by atoms with Crippen LogP contribution in [0.3, 0.4) is 0 Å². The van der Waals surface area contributed by atoms with Gasteiger partial charge in [0, 0.05) is 33.2 Å². The fraction of sp³-hybridized carbons (Fsp3) is 0.909. The molecule has 1 rings (SSSR count). The van der Waals surface area contributed by atoms with Crippen LogP contribution in [-0.2, 0) is 9.53 Å². The minimum Gasteiger partial charge on any atom is -0.385 e. The summed E-state index contributed by atoms with van der Waals surface area (Å²) in [5, 5.41) is 2.96. The van der Waals surface area contributed by atoms with Crippen LogP contribution in [0.1, 0.15) is 32.1 Å². The van der Waals surface area contributed by atoms with Gasteiger partial charge in [-0.3, -0.25) is 4.79 Å². The lowest BCUT2D eigenvalue weighted by Crippen LogP contribution is -2.43. The average molecular weight is 214 g/mol. The molecule has 0 spiro atoms. The van der Waals surface area contributed by atoms with Crippen molar-refractivity contribution in [1.29, 1.82) is 0 Å². The van der Waals surface area contributed by atoms with Crippen LogP contribution in [-0.4, -0.2) is 32.7 Å². The molecule has 0 aliphatic heterocycles. The molecule has 3 N–H and O–H groups in total. The predicted octanol–water partition coefficient (Wildman–Crippen LogP) is 0.658. The molecular formula is C11H22N2O2. The van der Waals surface area contributed by atoms with Crippen molar-refractivity contribution in [1.82, 2.24) is 5.32 Å². The molecule has 0 aromatic rings. The molecule has 1 saturated carbocycles. The summed E-state index contributed by atoms with van der Waals surface area (Å²) in [7, 11) is 1.72. The lowest BCUT2D eigenvalue weighted by molar-refractivity contribution is -0.121. The Morgan fingerprint density at radius 2 is 2.27 bits per heavy atom. The molecule has 4 heteroatoms. The van der Waals surface area contributed by atoms with E-state index in [9.17, 15) is 4.79 Å². The highest BCUT2D eigenvalue weighted by atomic mass is 16.5. The van der Waals surface area contributed by atoms with Gasteiger partial charge in [0.25, 0.3) is 0 Å². The highest BCUT2D eigenvalue weighted by molar-refractivity contribution is 5.76. The van der Waals surface area contributed by atoms with Crippen LogP contribution < -0.4 is 11.1 Å². The molecule has 0 saturated heterocycles. The van der Waals surface area contributed by atoms with E-state index in [-0.39, 0.29) is 5.91 Å². The van der Waals surface area contributed by atoms with E-state index < -0.39 is 0 Å². The first-order chi connectivity index (χ1) is 7.22. The molecule has 1 aliphatic rings. The standard InChI is InChI=1S/C11H22N2O2/c1-15-8-6-11(4-2-5-11)9-13-10(14)3-7-12/h2-9,12H2,1H3,(H,13,14). The summed E-state index contributed by atoms with van der Waals surface area (Å²) < 4.78 is 5.09. The number of nitrogens with one attached hydrogen (secondary N) is 1. The summed E-state index contributed by atoms with van der Waals surface area (Å²) in [6.45, 7) is 2.00. The van der Waals surface area contributed by atoms with E-state index in [1.54, 1.807) is 7.11 Å². The van der Waals surface area contributed by atoms with Crippen molar-refractivity contribution in [3.63, 3.8) is 0 Å². The molecule has 0 heterocycles. The molecule has 0 unspecified atom stereocenters. The summed E-state index contributed by atoms with van der Waals surface area (Å²) in [5.41, 5.74) is 5.62. The SMILES string of the molecule is COCCC1(CNC(=O)CCN)CCC1. The Kier molecular flexibility index (Phi) is 5.05. The first-order valence-corrected chi connectivity index (χ1v) is 5.68. The van der Waals surface area contributed by atoms with Crippen LogP contribution in [0, 0.1) is 5.41 Å². The third-order valence-electron chi connectivity index (χ3n) is 3.28. The molecule has 0 aromatic carbocycles. The second-order valence-corrected chi connectivity index (χ2v) is 4.41. The van der Waals surface area contributed by atoms with E-state index >= 15 is 0 Å². The minimum absolute atomic E-state index is 0.0705. The smallest absolute Gasteiger partial charge is 0.221 e. The molecule has 88 valence electrons. The Bertz CT molecular complexity index is 203. The van der Waals surface area contributed by atoms with E-state index in [4.69, 9.17) is 10.5 Å². The Hall–Kier alpha value is -0.610. The maximum Gasteiger partial charge on any atom is 0.221 e. The molecule has 1 amide bonds. The van der Waals surface area contributed by atoms with E-state index in [2.05, 4.69) is 5.32 Å². The number of carbonyl (C=O) groups is 1. The number of ether oxygens (including phenoxy) is 1. The quantitative estimate of drug-likeness (QED) is 0.654. The second kappa shape index (κ2) is 6.08. The predicted molar refractivity (Wildman–Crippen MR) is 59.5 cm³/mol. The van der Waals surface area contributed by atoms with Gasteiger partial charge in [-0.15, -0.1) is 0 Å². The van der Waals surface area contributed by atoms with E-state index in [1.807, 2.05) is 0 Å². The Morgan fingerprint density at radius 3 is 2.73 bits per heavy atom. The molecule has 0 atom stereocenters. The van der Waals surface area contributed by atoms with Crippen LogP contribution in [0.4, 0.5) is 0 Å². The maximum absolute atomic E-state index is 11.3. The van der Waals surface area contributed by atoms with Gasteiger partial charge in [-0.1, -0.05) is 6.42 Å². The van der Waals surface area contributed by atoms with Crippen LogP contribution in [0.25, 0.3) is 0 Å². The topological polar surface area (TPSA) is 64.3 Å². The van der Waals surface area contributed by atoms with Gasteiger partial charge in [-0.25, -0.2) is 0 Å². The third-order valence-corrected chi connectivity index (χ3v) is 3.28. The number of carbonyl (C=O) groups excluding carboxylic acids is 1. The summed E-state index contributed by atoms with van der Waals surface area (Å²) in [4.78, 5) is 11.3. The monoisotopic (exact) mass is 214 g/mol.